The van der Waals surface area contributed by atoms with Crippen LogP contribution in [-0.4, -0.2) is 28.8 Å². The van der Waals surface area contributed by atoms with E-state index in [0.717, 1.165) is 31.2 Å². The van der Waals surface area contributed by atoms with Crippen molar-refractivity contribution in [1.29, 1.82) is 0 Å². The van der Waals surface area contributed by atoms with Crippen molar-refractivity contribution in [1.82, 2.24) is 10.2 Å². The highest BCUT2D eigenvalue weighted by molar-refractivity contribution is 5.88. The number of benzene rings is 2. The minimum absolute atomic E-state index is 0.0844. The van der Waals surface area contributed by atoms with E-state index in [1.165, 1.54) is 6.07 Å². The van der Waals surface area contributed by atoms with Crippen molar-refractivity contribution in [2.24, 2.45) is 0 Å². The van der Waals surface area contributed by atoms with Crippen molar-refractivity contribution < 1.29 is 14.0 Å². The van der Waals surface area contributed by atoms with Crippen LogP contribution < -0.4 is 5.32 Å². The molecule has 2 aromatic carbocycles. The van der Waals surface area contributed by atoms with Crippen LogP contribution in [0.4, 0.5) is 4.39 Å². The topological polar surface area (TPSA) is 49.4 Å². The highest BCUT2D eigenvalue weighted by Gasteiger charge is 2.32. The van der Waals surface area contributed by atoms with E-state index >= 15 is 0 Å². The molecule has 5 heteroatoms. The molecule has 4 nitrogen and oxygen atoms in total. The number of carbonyl (C=O) groups is 2. The van der Waals surface area contributed by atoms with Gasteiger partial charge in [0.25, 0.3) is 0 Å². The Morgan fingerprint density at radius 1 is 1.07 bits per heavy atom. The average Bonchev–Trinajstić information content (AvgIpc) is 3.25. The Balaban J connectivity index is 1.90. The largest absolute Gasteiger partial charge is 0.352 e. The Bertz CT molecular complexity index is 834. The lowest BCUT2D eigenvalue weighted by atomic mass is 10.0. The van der Waals surface area contributed by atoms with Gasteiger partial charge in [0.1, 0.15) is 11.9 Å². The first-order valence-corrected chi connectivity index (χ1v) is 11.0. The fraction of sp³-hybridized carbons (Fsp3) is 0.440. The lowest BCUT2D eigenvalue weighted by Crippen LogP contribution is -2.52. The van der Waals surface area contributed by atoms with Gasteiger partial charge in [0.2, 0.25) is 11.8 Å². The van der Waals surface area contributed by atoms with Gasteiger partial charge in [0.15, 0.2) is 0 Å². The van der Waals surface area contributed by atoms with Crippen molar-refractivity contribution in [2.45, 2.75) is 70.5 Å². The molecule has 160 valence electrons. The Hall–Kier alpha value is -2.69. The standard InChI is InChI=1S/C25H31FN2O2/c1-2-10-24(29)28(18-20-13-6-9-16-22(20)26)23(17-19-11-4-3-5-12-19)25(30)27-21-14-7-8-15-21/h3-6,9,11-13,16,21,23H,2,7-8,10,14-15,17-18H2,1H3,(H,27,30). The Kier molecular flexibility index (Phi) is 8.00. The molecule has 0 bridgehead atoms. The van der Waals surface area contributed by atoms with Gasteiger partial charge >= 0.3 is 0 Å². The van der Waals surface area contributed by atoms with E-state index in [1.807, 2.05) is 37.3 Å². The van der Waals surface area contributed by atoms with Crippen LogP contribution in [0.2, 0.25) is 0 Å². The third-order valence-electron chi connectivity index (χ3n) is 5.74. The maximum absolute atomic E-state index is 14.4. The SMILES string of the molecule is CCCC(=O)N(Cc1ccccc1F)C(Cc1ccccc1)C(=O)NC1CCCC1. The normalized spacial score (nSPS) is 15.0. The van der Waals surface area contributed by atoms with E-state index in [2.05, 4.69) is 5.32 Å². The molecular weight excluding hydrogens is 379 g/mol. The number of rotatable bonds is 9. The molecule has 3 rings (SSSR count). The van der Waals surface area contributed by atoms with Crippen LogP contribution in [0.3, 0.4) is 0 Å². The minimum Gasteiger partial charge on any atom is -0.352 e. The second-order valence-corrected chi connectivity index (χ2v) is 8.06. The van der Waals surface area contributed by atoms with Crippen molar-refractivity contribution in [3.63, 3.8) is 0 Å². The summed E-state index contributed by atoms with van der Waals surface area (Å²) in [5.41, 5.74) is 1.40. The van der Waals surface area contributed by atoms with Gasteiger partial charge in [-0.2, -0.15) is 0 Å². The minimum atomic E-state index is -0.674. The monoisotopic (exact) mass is 410 g/mol. The zero-order valence-corrected chi connectivity index (χ0v) is 17.6. The molecule has 2 amide bonds. The third kappa shape index (κ3) is 5.91. The summed E-state index contributed by atoms with van der Waals surface area (Å²) in [5.74, 6) is -0.628. The first kappa shape index (κ1) is 22.0. The van der Waals surface area contributed by atoms with E-state index in [9.17, 15) is 14.0 Å². The molecule has 1 saturated carbocycles. The molecule has 1 fully saturated rings. The highest BCUT2D eigenvalue weighted by Crippen LogP contribution is 2.21. The molecule has 1 aliphatic rings. The summed E-state index contributed by atoms with van der Waals surface area (Å²) >= 11 is 0. The van der Waals surface area contributed by atoms with Gasteiger partial charge in [0.05, 0.1) is 0 Å². The number of amides is 2. The fourth-order valence-electron chi connectivity index (χ4n) is 4.09. The van der Waals surface area contributed by atoms with Crippen molar-refractivity contribution in [3.05, 3.63) is 71.5 Å². The number of nitrogens with zero attached hydrogens (tertiary/aromatic N) is 1. The van der Waals surface area contributed by atoms with Crippen LogP contribution in [0.15, 0.2) is 54.6 Å². The number of hydrogen-bond acceptors (Lipinski definition) is 2. The van der Waals surface area contributed by atoms with Crippen LogP contribution in [-0.2, 0) is 22.6 Å². The average molecular weight is 411 g/mol. The molecule has 1 unspecified atom stereocenters. The molecule has 1 N–H and O–H groups in total. The molecule has 0 heterocycles. The summed E-state index contributed by atoms with van der Waals surface area (Å²) in [6, 6.07) is 15.6. The summed E-state index contributed by atoms with van der Waals surface area (Å²) in [6.45, 7) is 2.02. The lowest BCUT2D eigenvalue weighted by Gasteiger charge is -2.32. The zero-order chi connectivity index (χ0) is 21.3. The predicted molar refractivity (Wildman–Crippen MR) is 116 cm³/mol. The van der Waals surface area contributed by atoms with Crippen LogP contribution in [0.1, 0.15) is 56.6 Å². The number of hydrogen-bond donors (Lipinski definition) is 1. The number of nitrogens with one attached hydrogen (secondary N) is 1. The molecule has 1 atom stereocenters. The van der Waals surface area contributed by atoms with Gasteiger partial charge < -0.3 is 10.2 Å². The first-order valence-electron chi connectivity index (χ1n) is 11.0. The molecule has 1 aliphatic carbocycles. The van der Waals surface area contributed by atoms with E-state index in [4.69, 9.17) is 0 Å². The van der Waals surface area contributed by atoms with Crippen LogP contribution in [0.25, 0.3) is 0 Å². The highest BCUT2D eigenvalue weighted by atomic mass is 19.1. The Labute approximate surface area is 178 Å². The van der Waals surface area contributed by atoms with Crippen LogP contribution in [0.5, 0.6) is 0 Å². The van der Waals surface area contributed by atoms with E-state index < -0.39 is 6.04 Å². The summed E-state index contributed by atoms with van der Waals surface area (Å²) in [4.78, 5) is 28.0. The molecule has 0 aromatic heterocycles. The number of carbonyl (C=O) groups excluding carboxylic acids is 2. The van der Waals surface area contributed by atoms with Crippen molar-refractivity contribution >= 4 is 11.8 Å². The smallest absolute Gasteiger partial charge is 0.243 e. The van der Waals surface area contributed by atoms with E-state index in [-0.39, 0.29) is 30.2 Å². The third-order valence-corrected chi connectivity index (χ3v) is 5.74. The van der Waals surface area contributed by atoms with Gasteiger partial charge in [-0.05, 0) is 30.9 Å². The number of halogens is 1. The summed E-state index contributed by atoms with van der Waals surface area (Å²) in [6.07, 6.45) is 5.58. The van der Waals surface area contributed by atoms with E-state index in [0.29, 0.717) is 24.8 Å². The maximum Gasteiger partial charge on any atom is 0.243 e. The van der Waals surface area contributed by atoms with Crippen LogP contribution in [0, 0.1) is 5.82 Å². The van der Waals surface area contributed by atoms with Crippen molar-refractivity contribution in [2.75, 3.05) is 0 Å². The maximum atomic E-state index is 14.4. The second kappa shape index (κ2) is 10.9. The Morgan fingerprint density at radius 2 is 1.73 bits per heavy atom. The quantitative estimate of drug-likeness (QED) is 0.656. The zero-order valence-electron chi connectivity index (χ0n) is 17.6. The van der Waals surface area contributed by atoms with Gasteiger partial charge in [-0.15, -0.1) is 0 Å². The lowest BCUT2D eigenvalue weighted by molar-refractivity contribution is -0.141. The molecular formula is C25H31FN2O2. The summed E-state index contributed by atoms with van der Waals surface area (Å²) in [5, 5.41) is 3.15. The summed E-state index contributed by atoms with van der Waals surface area (Å²) in [7, 11) is 0. The molecule has 2 aromatic rings. The molecule has 0 radical (unpaired) electrons. The predicted octanol–water partition coefficient (Wildman–Crippen LogP) is 4.62. The van der Waals surface area contributed by atoms with Gasteiger partial charge in [-0.1, -0.05) is 68.3 Å². The van der Waals surface area contributed by atoms with E-state index in [1.54, 1.807) is 23.1 Å². The van der Waals surface area contributed by atoms with Crippen LogP contribution >= 0.6 is 0 Å². The second-order valence-electron chi connectivity index (χ2n) is 8.06. The summed E-state index contributed by atoms with van der Waals surface area (Å²) < 4.78 is 14.4. The molecule has 0 saturated heterocycles. The first-order chi connectivity index (χ1) is 14.6. The molecule has 0 aliphatic heterocycles. The molecule has 30 heavy (non-hydrogen) atoms. The Morgan fingerprint density at radius 3 is 2.40 bits per heavy atom. The molecule has 0 spiro atoms. The van der Waals surface area contributed by atoms with Gasteiger partial charge in [-0.3, -0.25) is 9.59 Å². The van der Waals surface area contributed by atoms with Gasteiger partial charge in [0, 0.05) is 31.0 Å². The fourth-order valence-corrected chi connectivity index (χ4v) is 4.09. The van der Waals surface area contributed by atoms with Gasteiger partial charge in [-0.25, -0.2) is 4.39 Å². The van der Waals surface area contributed by atoms with Crippen molar-refractivity contribution in [3.8, 4) is 0 Å².